The minimum absolute atomic E-state index is 0.00259. The van der Waals surface area contributed by atoms with Crippen LogP contribution in [0.25, 0.3) is 0 Å². The fourth-order valence-electron chi connectivity index (χ4n) is 2.17. The number of benzene rings is 1. The van der Waals surface area contributed by atoms with Gasteiger partial charge in [-0.25, -0.2) is 4.39 Å². The molecule has 18 heavy (non-hydrogen) atoms. The smallest absolute Gasteiger partial charge is 0.310 e. The molecule has 1 aliphatic rings. The van der Waals surface area contributed by atoms with E-state index < -0.39 is 17.7 Å². The molecule has 5 heteroatoms. The van der Waals surface area contributed by atoms with Crippen LogP contribution in [-0.2, 0) is 4.79 Å². The number of nitrogens with one attached hydrogen (secondary N) is 1. The van der Waals surface area contributed by atoms with E-state index >= 15 is 0 Å². The van der Waals surface area contributed by atoms with Crippen molar-refractivity contribution >= 4 is 5.97 Å². The van der Waals surface area contributed by atoms with Crippen LogP contribution in [0.1, 0.15) is 6.42 Å². The molecule has 1 aliphatic heterocycles. The molecule has 0 saturated carbocycles. The van der Waals surface area contributed by atoms with E-state index in [4.69, 9.17) is 4.74 Å². The molecule has 0 spiro atoms. The highest BCUT2D eigenvalue weighted by atomic mass is 19.1. The van der Waals surface area contributed by atoms with Crippen LogP contribution in [0.5, 0.6) is 5.75 Å². The molecule has 2 rings (SSSR count). The summed E-state index contributed by atoms with van der Waals surface area (Å²) < 4.78 is 18.6. The third kappa shape index (κ3) is 2.98. The molecule has 0 bridgehead atoms. The molecule has 0 radical (unpaired) electrons. The lowest BCUT2D eigenvalue weighted by Gasteiger charge is -2.19. The normalized spacial score (nSPS) is 20.6. The number of hydrogen-bond acceptors (Lipinski definition) is 3. The molecule has 1 fully saturated rings. The zero-order valence-electron chi connectivity index (χ0n) is 9.93. The molecule has 1 aromatic rings. The van der Waals surface area contributed by atoms with Crippen molar-refractivity contribution in [2.45, 2.75) is 6.42 Å². The number of ether oxygens (including phenoxy) is 1. The van der Waals surface area contributed by atoms with E-state index in [9.17, 15) is 14.3 Å². The molecule has 2 atom stereocenters. The summed E-state index contributed by atoms with van der Waals surface area (Å²) in [5.41, 5.74) is 0. The molecule has 0 aromatic heterocycles. The number of carboxylic acids is 1. The van der Waals surface area contributed by atoms with Gasteiger partial charge in [-0.2, -0.15) is 0 Å². The largest absolute Gasteiger partial charge is 0.490 e. The van der Waals surface area contributed by atoms with E-state index in [0.29, 0.717) is 6.54 Å². The van der Waals surface area contributed by atoms with Crippen LogP contribution < -0.4 is 10.1 Å². The molecular formula is C13H16FNO3. The molecule has 1 aromatic carbocycles. The Morgan fingerprint density at radius 2 is 2.33 bits per heavy atom. The first kappa shape index (κ1) is 12.8. The van der Waals surface area contributed by atoms with Crippen molar-refractivity contribution in [3.05, 3.63) is 30.1 Å². The maximum atomic E-state index is 13.3. The quantitative estimate of drug-likeness (QED) is 0.835. The summed E-state index contributed by atoms with van der Waals surface area (Å²) in [7, 11) is 0. The Labute approximate surface area is 105 Å². The number of hydrogen-bond donors (Lipinski definition) is 2. The highest BCUT2D eigenvalue weighted by molar-refractivity contribution is 5.70. The Kier molecular flexibility index (Phi) is 4.15. The maximum Gasteiger partial charge on any atom is 0.310 e. The van der Waals surface area contributed by atoms with Gasteiger partial charge in [0.05, 0.1) is 5.92 Å². The summed E-state index contributed by atoms with van der Waals surface area (Å²) in [6, 6.07) is 6.02. The van der Waals surface area contributed by atoms with Crippen LogP contribution in [0.2, 0.25) is 0 Å². The van der Waals surface area contributed by atoms with Gasteiger partial charge in [-0.3, -0.25) is 4.79 Å². The Morgan fingerprint density at radius 3 is 2.94 bits per heavy atom. The topological polar surface area (TPSA) is 58.6 Å². The third-order valence-electron chi connectivity index (χ3n) is 3.24. The number of rotatable bonds is 5. The van der Waals surface area contributed by atoms with Gasteiger partial charge >= 0.3 is 5.97 Å². The third-order valence-corrected chi connectivity index (χ3v) is 3.24. The standard InChI is InChI=1S/C13H16FNO3/c14-11-3-1-2-4-12(11)18-8-10(13(16)17)9-5-6-15-7-9/h1-4,9-10,15H,5-8H2,(H,16,17). The van der Waals surface area contributed by atoms with Crippen molar-refractivity contribution in [2.75, 3.05) is 19.7 Å². The summed E-state index contributed by atoms with van der Waals surface area (Å²) >= 11 is 0. The second kappa shape index (κ2) is 5.82. The zero-order chi connectivity index (χ0) is 13.0. The van der Waals surface area contributed by atoms with E-state index in [1.165, 1.54) is 12.1 Å². The lowest BCUT2D eigenvalue weighted by atomic mass is 9.92. The van der Waals surface area contributed by atoms with E-state index in [0.717, 1.165) is 13.0 Å². The molecular weight excluding hydrogens is 237 g/mol. The lowest BCUT2D eigenvalue weighted by Crippen LogP contribution is -2.30. The first-order chi connectivity index (χ1) is 8.68. The number of carbonyl (C=O) groups is 1. The highest BCUT2D eigenvalue weighted by Gasteiger charge is 2.31. The Hall–Kier alpha value is -1.62. The summed E-state index contributed by atoms with van der Waals surface area (Å²) in [6.45, 7) is 1.51. The first-order valence-corrected chi connectivity index (χ1v) is 5.99. The molecule has 2 N–H and O–H groups in total. The number of para-hydroxylation sites is 1. The number of carboxylic acid groups (broad SMARTS) is 1. The van der Waals surface area contributed by atoms with E-state index in [1.807, 2.05) is 0 Å². The van der Waals surface area contributed by atoms with Gasteiger partial charge in [0.15, 0.2) is 11.6 Å². The summed E-state index contributed by atoms with van der Waals surface area (Å²) in [5, 5.41) is 12.3. The van der Waals surface area contributed by atoms with Gasteiger partial charge in [-0.1, -0.05) is 12.1 Å². The molecule has 1 heterocycles. The van der Waals surface area contributed by atoms with Gasteiger partial charge in [0, 0.05) is 0 Å². The van der Waals surface area contributed by atoms with Crippen molar-refractivity contribution in [3.8, 4) is 5.75 Å². The Bertz CT molecular complexity index is 418. The minimum Gasteiger partial charge on any atom is -0.490 e. The van der Waals surface area contributed by atoms with Crippen LogP contribution in [0.3, 0.4) is 0 Å². The first-order valence-electron chi connectivity index (χ1n) is 5.99. The molecule has 0 amide bonds. The van der Waals surface area contributed by atoms with Crippen molar-refractivity contribution in [3.63, 3.8) is 0 Å². The number of aliphatic carboxylic acids is 1. The lowest BCUT2D eigenvalue weighted by molar-refractivity contribution is -0.144. The van der Waals surface area contributed by atoms with Crippen LogP contribution in [0.4, 0.5) is 4.39 Å². The molecule has 2 unspecified atom stereocenters. The number of halogens is 1. The van der Waals surface area contributed by atoms with E-state index in [2.05, 4.69) is 5.32 Å². The Balaban J connectivity index is 1.97. The summed E-state index contributed by atoms with van der Waals surface area (Å²) in [6.07, 6.45) is 0.817. The Morgan fingerprint density at radius 1 is 1.56 bits per heavy atom. The van der Waals surface area contributed by atoms with Gasteiger partial charge in [0.25, 0.3) is 0 Å². The van der Waals surface area contributed by atoms with E-state index in [-0.39, 0.29) is 18.3 Å². The van der Waals surface area contributed by atoms with Crippen LogP contribution >= 0.6 is 0 Å². The van der Waals surface area contributed by atoms with Crippen molar-refractivity contribution in [1.29, 1.82) is 0 Å². The van der Waals surface area contributed by atoms with Gasteiger partial charge < -0.3 is 15.2 Å². The molecule has 4 nitrogen and oxygen atoms in total. The van der Waals surface area contributed by atoms with Crippen LogP contribution in [-0.4, -0.2) is 30.8 Å². The van der Waals surface area contributed by atoms with Crippen molar-refractivity contribution < 1.29 is 19.0 Å². The van der Waals surface area contributed by atoms with Crippen molar-refractivity contribution in [2.24, 2.45) is 11.8 Å². The van der Waals surface area contributed by atoms with Crippen molar-refractivity contribution in [1.82, 2.24) is 5.32 Å². The average molecular weight is 253 g/mol. The minimum atomic E-state index is -0.889. The van der Waals surface area contributed by atoms with E-state index in [1.54, 1.807) is 12.1 Å². The average Bonchev–Trinajstić information content (AvgIpc) is 2.85. The zero-order valence-corrected chi connectivity index (χ0v) is 9.93. The second-order valence-electron chi connectivity index (χ2n) is 4.44. The van der Waals surface area contributed by atoms with Gasteiger partial charge in [0.2, 0.25) is 0 Å². The highest BCUT2D eigenvalue weighted by Crippen LogP contribution is 2.22. The monoisotopic (exact) mass is 253 g/mol. The fourth-order valence-corrected chi connectivity index (χ4v) is 2.17. The fraction of sp³-hybridized carbons (Fsp3) is 0.462. The van der Waals surface area contributed by atoms with Gasteiger partial charge in [-0.05, 0) is 37.6 Å². The molecule has 98 valence electrons. The second-order valence-corrected chi connectivity index (χ2v) is 4.44. The molecule has 0 aliphatic carbocycles. The molecule has 1 saturated heterocycles. The maximum absolute atomic E-state index is 13.3. The summed E-state index contributed by atoms with van der Waals surface area (Å²) in [4.78, 5) is 11.2. The van der Waals surface area contributed by atoms with Crippen LogP contribution in [0, 0.1) is 17.7 Å². The SMILES string of the molecule is O=C(O)C(COc1ccccc1F)C1CCNC1. The van der Waals surface area contributed by atoms with Gasteiger partial charge in [0.1, 0.15) is 6.61 Å². The van der Waals surface area contributed by atoms with Crippen LogP contribution in [0.15, 0.2) is 24.3 Å². The van der Waals surface area contributed by atoms with Gasteiger partial charge in [-0.15, -0.1) is 0 Å². The summed E-state index contributed by atoms with van der Waals surface area (Å²) in [5.74, 6) is -1.80. The predicted octanol–water partition coefficient (Wildman–Crippen LogP) is 1.51. The predicted molar refractivity (Wildman–Crippen MR) is 64.0 cm³/mol.